The molecule has 3 aromatic rings. The SMILES string of the molecule is CCC(C)C1(C(=O)O)NC(c2cc3ccccc3o2)C2C(=O)N(c3ccc(C)c(Cl)c3)C(=O)C21. The molecule has 2 amide bonds. The van der Waals surface area contributed by atoms with Crippen LogP contribution in [0.25, 0.3) is 11.0 Å². The fraction of sp³-hybridized carbons (Fsp3) is 0.346. The number of aliphatic carboxylic acids is 1. The molecule has 5 atom stereocenters. The van der Waals surface area contributed by atoms with Crippen molar-refractivity contribution in [1.82, 2.24) is 5.32 Å². The van der Waals surface area contributed by atoms with Crippen LogP contribution in [0.5, 0.6) is 0 Å². The Morgan fingerprint density at radius 1 is 1.21 bits per heavy atom. The number of para-hydroxylation sites is 1. The summed E-state index contributed by atoms with van der Waals surface area (Å²) in [4.78, 5) is 41.5. The summed E-state index contributed by atoms with van der Waals surface area (Å²) in [5, 5.41) is 14.9. The van der Waals surface area contributed by atoms with Gasteiger partial charge in [0.1, 0.15) is 16.9 Å². The van der Waals surface area contributed by atoms with Crippen molar-refractivity contribution in [3.05, 3.63) is 64.9 Å². The molecule has 0 spiro atoms. The molecule has 2 saturated heterocycles. The first kappa shape index (κ1) is 22.6. The number of nitrogens with one attached hydrogen (secondary N) is 1. The second-order valence-electron chi connectivity index (χ2n) is 9.24. The van der Waals surface area contributed by atoms with Crippen molar-refractivity contribution >= 4 is 46.0 Å². The summed E-state index contributed by atoms with van der Waals surface area (Å²) in [7, 11) is 0. The van der Waals surface area contributed by atoms with Gasteiger partial charge >= 0.3 is 5.97 Å². The maximum atomic E-state index is 13.8. The van der Waals surface area contributed by atoms with E-state index in [0.29, 0.717) is 28.5 Å². The standard InChI is InChI=1S/C26H25ClN2O5/c1-4-14(3)26(25(32)33)21-20(22(28-26)19-11-15-7-5-6-8-18(15)34-19)23(30)29(24(21)31)16-10-9-13(2)17(27)12-16/h5-12,14,20-22,28H,4H2,1-3H3,(H,32,33). The van der Waals surface area contributed by atoms with Gasteiger partial charge < -0.3 is 9.52 Å². The largest absolute Gasteiger partial charge is 0.480 e. The fourth-order valence-electron chi connectivity index (χ4n) is 5.50. The summed E-state index contributed by atoms with van der Waals surface area (Å²) >= 11 is 6.29. The first-order valence-corrected chi connectivity index (χ1v) is 11.7. The highest BCUT2D eigenvalue weighted by molar-refractivity contribution is 6.32. The van der Waals surface area contributed by atoms with Crippen LogP contribution < -0.4 is 10.2 Å². The van der Waals surface area contributed by atoms with Gasteiger partial charge in [-0.25, -0.2) is 4.90 Å². The van der Waals surface area contributed by atoms with Gasteiger partial charge in [0.25, 0.3) is 0 Å². The lowest BCUT2D eigenvalue weighted by Crippen LogP contribution is -2.59. The summed E-state index contributed by atoms with van der Waals surface area (Å²) in [6.45, 7) is 5.50. The van der Waals surface area contributed by atoms with E-state index < -0.39 is 47.1 Å². The van der Waals surface area contributed by atoms with Crippen LogP contribution in [0.3, 0.4) is 0 Å². The predicted octanol–water partition coefficient (Wildman–Crippen LogP) is 4.71. The van der Waals surface area contributed by atoms with E-state index in [9.17, 15) is 19.5 Å². The van der Waals surface area contributed by atoms with Crippen LogP contribution in [-0.4, -0.2) is 28.4 Å². The zero-order valence-electron chi connectivity index (χ0n) is 19.0. The highest BCUT2D eigenvalue weighted by Gasteiger charge is 2.70. The third-order valence-corrected chi connectivity index (χ3v) is 7.91. The maximum absolute atomic E-state index is 13.8. The minimum atomic E-state index is -1.63. The average molecular weight is 481 g/mol. The number of hydrogen-bond acceptors (Lipinski definition) is 5. The van der Waals surface area contributed by atoms with Gasteiger partial charge in [-0.1, -0.05) is 56.1 Å². The number of aryl methyl sites for hydroxylation is 1. The molecule has 2 N–H and O–H groups in total. The van der Waals surface area contributed by atoms with Crippen LogP contribution in [0.4, 0.5) is 5.69 Å². The Labute approximate surface area is 201 Å². The molecule has 7 nitrogen and oxygen atoms in total. The molecule has 0 aliphatic carbocycles. The zero-order valence-corrected chi connectivity index (χ0v) is 19.8. The molecular formula is C26H25ClN2O5. The molecule has 5 unspecified atom stereocenters. The molecule has 0 radical (unpaired) electrons. The second kappa shape index (κ2) is 7.96. The van der Waals surface area contributed by atoms with Crippen molar-refractivity contribution in [2.24, 2.45) is 17.8 Å². The Hall–Kier alpha value is -3.16. The van der Waals surface area contributed by atoms with Crippen LogP contribution in [0.15, 0.2) is 52.9 Å². The number of rotatable bonds is 5. The lowest BCUT2D eigenvalue weighted by Gasteiger charge is -2.35. The first-order valence-electron chi connectivity index (χ1n) is 11.3. The number of nitrogens with zero attached hydrogens (tertiary/aromatic N) is 1. The van der Waals surface area contributed by atoms with Crippen molar-refractivity contribution in [3.8, 4) is 0 Å². The number of fused-ring (bicyclic) bond motifs is 2. The van der Waals surface area contributed by atoms with Crippen LogP contribution in [0.1, 0.15) is 37.6 Å². The number of carboxylic acids is 1. The molecule has 2 aliphatic heterocycles. The monoisotopic (exact) mass is 480 g/mol. The Morgan fingerprint density at radius 3 is 2.59 bits per heavy atom. The van der Waals surface area contributed by atoms with Crippen molar-refractivity contribution < 1.29 is 23.9 Å². The summed E-state index contributed by atoms with van der Waals surface area (Å²) in [6, 6.07) is 13.4. The first-order chi connectivity index (χ1) is 16.2. The van der Waals surface area contributed by atoms with E-state index in [2.05, 4.69) is 5.32 Å². The quantitative estimate of drug-likeness (QED) is 0.513. The van der Waals surface area contributed by atoms with Gasteiger partial charge in [0.2, 0.25) is 11.8 Å². The number of anilines is 1. The zero-order chi connectivity index (χ0) is 24.4. The van der Waals surface area contributed by atoms with Gasteiger partial charge in [-0.15, -0.1) is 0 Å². The maximum Gasteiger partial charge on any atom is 0.325 e. The van der Waals surface area contributed by atoms with Crippen LogP contribution in [0.2, 0.25) is 5.02 Å². The molecule has 0 bridgehead atoms. The number of halogens is 1. The Kier molecular flexibility index (Phi) is 5.30. The van der Waals surface area contributed by atoms with Gasteiger partial charge in [0.05, 0.1) is 23.6 Å². The van der Waals surface area contributed by atoms with Crippen molar-refractivity contribution in [3.63, 3.8) is 0 Å². The number of carboxylic acid groups (broad SMARTS) is 1. The van der Waals surface area contributed by atoms with Gasteiger partial charge in [-0.05, 0) is 42.7 Å². The van der Waals surface area contributed by atoms with Gasteiger partial charge in [0.15, 0.2) is 0 Å². The fourth-order valence-corrected chi connectivity index (χ4v) is 5.67. The molecule has 176 valence electrons. The molecule has 2 aromatic carbocycles. The number of hydrogen-bond donors (Lipinski definition) is 2. The number of amides is 2. The smallest absolute Gasteiger partial charge is 0.325 e. The molecule has 34 heavy (non-hydrogen) atoms. The topological polar surface area (TPSA) is 99.8 Å². The summed E-state index contributed by atoms with van der Waals surface area (Å²) < 4.78 is 6.05. The predicted molar refractivity (Wildman–Crippen MR) is 128 cm³/mol. The molecular weight excluding hydrogens is 456 g/mol. The number of carbonyl (C=O) groups excluding carboxylic acids is 2. The summed E-state index contributed by atoms with van der Waals surface area (Å²) in [5.74, 6) is -4.16. The number of furan rings is 1. The lowest BCUT2D eigenvalue weighted by atomic mass is 9.72. The summed E-state index contributed by atoms with van der Waals surface area (Å²) in [5.41, 5.74) is 0.156. The third kappa shape index (κ3) is 3.03. The van der Waals surface area contributed by atoms with Gasteiger partial charge in [0, 0.05) is 10.4 Å². The van der Waals surface area contributed by atoms with Crippen LogP contribution in [0, 0.1) is 24.7 Å². The normalized spacial score (nSPS) is 27.4. The Balaban J connectivity index is 1.68. The molecule has 2 aliphatic rings. The lowest BCUT2D eigenvalue weighted by molar-refractivity contribution is -0.151. The van der Waals surface area contributed by atoms with Crippen LogP contribution in [-0.2, 0) is 14.4 Å². The van der Waals surface area contributed by atoms with E-state index in [1.165, 1.54) is 0 Å². The number of carbonyl (C=O) groups is 3. The van der Waals surface area contributed by atoms with Gasteiger partial charge in [-0.2, -0.15) is 0 Å². The van der Waals surface area contributed by atoms with Crippen molar-refractivity contribution in [2.45, 2.75) is 38.8 Å². The van der Waals surface area contributed by atoms with Crippen LogP contribution >= 0.6 is 11.6 Å². The Morgan fingerprint density at radius 2 is 1.94 bits per heavy atom. The molecule has 1 aromatic heterocycles. The highest BCUT2D eigenvalue weighted by atomic mass is 35.5. The van der Waals surface area contributed by atoms with E-state index in [-0.39, 0.29) is 0 Å². The van der Waals surface area contributed by atoms with E-state index >= 15 is 0 Å². The minimum Gasteiger partial charge on any atom is -0.480 e. The molecule has 5 rings (SSSR count). The number of imide groups is 1. The summed E-state index contributed by atoms with van der Waals surface area (Å²) in [6.07, 6.45) is 0.507. The molecule has 3 heterocycles. The van der Waals surface area contributed by atoms with Gasteiger partial charge in [-0.3, -0.25) is 19.7 Å². The van der Waals surface area contributed by atoms with E-state index in [1.54, 1.807) is 25.1 Å². The molecule has 0 saturated carbocycles. The van der Waals surface area contributed by atoms with E-state index in [0.717, 1.165) is 15.8 Å². The molecule has 8 heteroatoms. The molecule has 2 fully saturated rings. The van der Waals surface area contributed by atoms with Crippen molar-refractivity contribution in [1.29, 1.82) is 0 Å². The van der Waals surface area contributed by atoms with Crippen molar-refractivity contribution in [2.75, 3.05) is 4.90 Å². The van der Waals surface area contributed by atoms with E-state index in [4.69, 9.17) is 16.0 Å². The second-order valence-corrected chi connectivity index (χ2v) is 9.65. The average Bonchev–Trinajstić information content (AvgIpc) is 3.47. The minimum absolute atomic E-state index is 0.340. The number of benzene rings is 2. The third-order valence-electron chi connectivity index (χ3n) is 7.50. The van der Waals surface area contributed by atoms with E-state index in [1.807, 2.05) is 44.2 Å². The Bertz CT molecular complexity index is 1300. The highest BCUT2D eigenvalue weighted by Crippen LogP contribution is 2.53.